The molecule has 0 rings (SSSR count). The SMILES string of the molecule is COC(=O)CP(=O)(OC)OCNC(C)=O. The smallest absolute Gasteiger partial charge is 0.343 e. The average Bonchev–Trinajstić information content (AvgIpc) is 2.17. The Labute approximate surface area is 87.6 Å². The van der Waals surface area contributed by atoms with Crippen molar-refractivity contribution in [3.05, 3.63) is 0 Å². The summed E-state index contributed by atoms with van der Waals surface area (Å²) in [6, 6.07) is 0. The lowest BCUT2D eigenvalue weighted by atomic mass is 10.7. The van der Waals surface area contributed by atoms with Crippen LogP contribution in [0.4, 0.5) is 0 Å². The number of rotatable bonds is 6. The van der Waals surface area contributed by atoms with Gasteiger partial charge in [0.15, 0.2) is 0 Å². The van der Waals surface area contributed by atoms with E-state index in [1.54, 1.807) is 0 Å². The Bertz CT molecular complexity index is 279. The van der Waals surface area contributed by atoms with Crippen molar-refractivity contribution < 1.29 is 27.9 Å². The highest BCUT2D eigenvalue weighted by Crippen LogP contribution is 2.46. The molecule has 8 heteroatoms. The number of methoxy groups -OCH3 is 1. The molecule has 0 aliphatic rings. The molecule has 88 valence electrons. The first-order valence-electron chi connectivity index (χ1n) is 4.04. The van der Waals surface area contributed by atoms with E-state index in [9.17, 15) is 14.2 Å². The maximum absolute atomic E-state index is 11.6. The van der Waals surface area contributed by atoms with Gasteiger partial charge in [0, 0.05) is 14.0 Å². The summed E-state index contributed by atoms with van der Waals surface area (Å²) in [5.74, 6) is -1.04. The number of hydrogen-bond acceptors (Lipinski definition) is 6. The maximum Gasteiger partial charge on any atom is 0.343 e. The molecule has 0 saturated carbocycles. The fourth-order valence-electron chi connectivity index (χ4n) is 0.618. The molecule has 0 aromatic carbocycles. The Hall–Kier alpha value is -0.910. The molecule has 1 unspecified atom stereocenters. The summed E-state index contributed by atoms with van der Waals surface area (Å²) in [7, 11) is -1.21. The minimum Gasteiger partial charge on any atom is -0.469 e. The third kappa shape index (κ3) is 6.22. The molecule has 0 heterocycles. The zero-order valence-electron chi connectivity index (χ0n) is 8.81. The van der Waals surface area contributed by atoms with E-state index in [0.29, 0.717) is 0 Å². The van der Waals surface area contributed by atoms with Crippen molar-refractivity contribution in [3.63, 3.8) is 0 Å². The van der Waals surface area contributed by atoms with E-state index in [2.05, 4.69) is 14.6 Å². The molecule has 7 nitrogen and oxygen atoms in total. The van der Waals surface area contributed by atoms with E-state index in [1.807, 2.05) is 0 Å². The van der Waals surface area contributed by atoms with Gasteiger partial charge in [-0.25, -0.2) is 0 Å². The van der Waals surface area contributed by atoms with Crippen LogP contribution in [0, 0.1) is 0 Å². The highest BCUT2D eigenvalue weighted by Gasteiger charge is 2.27. The average molecular weight is 239 g/mol. The highest BCUT2D eigenvalue weighted by atomic mass is 31.2. The standard InChI is InChI=1S/C7H14NO6P/c1-6(9)8-5-14-15(11,13-3)4-7(10)12-2/h4-5H2,1-3H3,(H,8,9). The van der Waals surface area contributed by atoms with Gasteiger partial charge in [-0.1, -0.05) is 0 Å². The summed E-state index contributed by atoms with van der Waals surface area (Å²) in [4.78, 5) is 21.3. The largest absolute Gasteiger partial charge is 0.469 e. The van der Waals surface area contributed by atoms with Crippen molar-refractivity contribution in [2.24, 2.45) is 0 Å². The fraction of sp³-hybridized carbons (Fsp3) is 0.714. The molecule has 0 spiro atoms. The van der Waals surface area contributed by atoms with Gasteiger partial charge in [-0.05, 0) is 0 Å². The summed E-state index contributed by atoms with van der Waals surface area (Å²) < 4.78 is 25.3. The number of amides is 1. The predicted octanol–water partition coefficient (Wildman–Crippen LogP) is 0.109. The molecular weight excluding hydrogens is 225 g/mol. The van der Waals surface area contributed by atoms with Gasteiger partial charge in [-0.15, -0.1) is 0 Å². The van der Waals surface area contributed by atoms with Crippen molar-refractivity contribution >= 4 is 19.5 Å². The van der Waals surface area contributed by atoms with E-state index < -0.39 is 19.7 Å². The molecule has 15 heavy (non-hydrogen) atoms. The highest BCUT2D eigenvalue weighted by molar-refractivity contribution is 7.54. The van der Waals surface area contributed by atoms with Gasteiger partial charge in [0.2, 0.25) is 5.91 Å². The molecule has 0 aliphatic carbocycles. The van der Waals surface area contributed by atoms with Crippen LogP contribution in [-0.4, -0.2) is 39.0 Å². The van der Waals surface area contributed by atoms with Crippen LogP contribution in [0.25, 0.3) is 0 Å². The number of ether oxygens (including phenoxy) is 1. The first kappa shape index (κ1) is 14.1. The molecule has 0 radical (unpaired) electrons. The maximum atomic E-state index is 11.6. The quantitative estimate of drug-likeness (QED) is 0.402. The molecule has 0 aromatic heterocycles. The van der Waals surface area contributed by atoms with Gasteiger partial charge in [-0.3, -0.25) is 18.7 Å². The molecule has 0 saturated heterocycles. The summed E-state index contributed by atoms with van der Waals surface area (Å²) in [6.45, 7) is 0.999. The van der Waals surface area contributed by atoms with Crippen LogP contribution in [0.5, 0.6) is 0 Å². The van der Waals surface area contributed by atoms with Crippen LogP contribution in [-0.2, 0) is 27.9 Å². The number of nitrogens with one attached hydrogen (secondary N) is 1. The molecule has 1 atom stereocenters. The topological polar surface area (TPSA) is 90.9 Å². The Kier molecular flexibility index (Phi) is 6.15. The number of esters is 1. The van der Waals surface area contributed by atoms with Crippen LogP contribution >= 0.6 is 7.60 Å². The second-order valence-corrected chi connectivity index (χ2v) is 4.70. The van der Waals surface area contributed by atoms with Crippen LogP contribution in [0.2, 0.25) is 0 Å². The van der Waals surface area contributed by atoms with Crippen LogP contribution in [0.15, 0.2) is 0 Å². The molecule has 1 N–H and O–H groups in total. The van der Waals surface area contributed by atoms with E-state index in [4.69, 9.17) is 4.52 Å². The summed E-state index contributed by atoms with van der Waals surface area (Å²) in [6.07, 6.45) is -0.487. The minimum atomic E-state index is -3.52. The monoisotopic (exact) mass is 239 g/mol. The van der Waals surface area contributed by atoms with Gasteiger partial charge in [0.1, 0.15) is 12.9 Å². The summed E-state index contributed by atoms with van der Waals surface area (Å²) in [5, 5.41) is 2.26. The first-order chi connectivity index (χ1) is 6.93. The lowest BCUT2D eigenvalue weighted by molar-refractivity contribution is -0.137. The number of carbonyl (C=O) groups excluding carboxylic acids is 2. The second kappa shape index (κ2) is 6.55. The van der Waals surface area contributed by atoms with Gasteiger partial charge >= 0.3 is 13.6 Å². The molecular formula is C7H14NO6P. The van der Waals surface area contributed by atoms with E-state index >= 15 is 0 Å². The normalized spacial score (nSPS) is 14.1. The Morgan fingerprint density at radius 2 is 1.93 bits per heavy atom. The zero-order valence-corrected chi connectivity index (χ0v) is 9.71. The molecule has 0 aromatic rings. The van der Waals surface area contributed by atoms with Crippen LogP contribution < -0.4 is 5.32 Å². The van der Waals surface area contributed by atoms with Crippen molar-refractivity contribution in [2.45, 2.75) is 6.92 Å². The number of carbonyl (C=O) groups is 2. The summed E-state index contributed by atoms with van der Waals surface area (Å²) in [5.41, 5.74) is 0. The minimum absolute atomic E-state index is 0.280. The first-order valence-corrected chi connectivity index (χ1v) is 5.77. The van der Waals surface area contributed by atoms with E-state index in [1.165, 1.54) is 6.92 Å². The van der Waals surface area contributed by atoms with Crippen molar-refractivity contribution in [2.75, 3.05) is 27.1 Å². The van der Waals surface area contributed by atoms with Gasteiger partial charge < -0.3 is 14.6 Å². The van der Waals surface area contributed by atoms with Crippen LogP contribution in [0.1, 0.15) is 6.92 Å². The predicted molar refractivity (Wildman–Crippen MR) is 51.3 cm³/mol. The fourth-order valence-corrected chi connectivity index (χ4v) is 1.65. The molecule has 1 amide bonds. The van der Waals surface area contributed by atoms with Gasteiger partial charge in [0.05, 0.1) is 7.11 Å². The Morgan fingerprint density at radius 1 is 1.33 bits per heavy atom. The Balaban J connectivity index is 4.13. The van der Waals surface area contributed by atoms with Gasteiger partial charge in [-0.2, -0.15) is 0 Å². The lowest BCUT2D eigenvalue weighted by Gasteiger charge is -2.14. The zero-order chi connectivity index (χ0) is 11.9. The molecule has 0 bridgehead atoms. The number of hydrogen-bond donors (Lipinski definition) is 1. The summed E-state index contributed by atoms with van der Waals surface area (Å²) >= 11 is 0. The lowest BCUT2D eigenvalue weighted by Crippen LogP contribution is -2.23. The molecule has 0 fully saturated rings. The van der Waals surface area contributed by atoms with Gasteiger partial charge in [0.25, 0.3) is 0 Å². The van der Waals surface area contributed by atoms with E-state index in [-0.39, 0.29) is 12.6 Å². The molecule has 0 aliphatic heterocycles. The van der Waals surface area contributed by atoms with Crippen molar-refractivity contribution in [1.29, 1.82) is 0 Å². The second-order valence-electron chi connectivity index (χ2n) is 2.53. The van der Waals surface area contributed by atoms with E-state index in [0.717, 1.165) is 14.2 Å². The van der Waals surface area contributed by atoms with Crippen molar-refractivity contribution in [1.82, 2.24) is 5.32 Å². The Morgan fingerprint density at radius 3 is 2.33 bits per heavy atom. The third-order valence-corrected chi connectivity index (χ3v) is 3.14. The van der Waals surface area contributed by atoms with Crippen molar-refractivity contribution in [3.8, 4) is 0 Å². The third-order valence-electron chi connectivity index (χ3n) is 1.41. The van der Waals surface area contributed by atoms with Crippen LogP contribution in [0.3, 0.4) is 0 Å².